The van der Waals surface area contributed by atoms with Crippen molar-refractivity contribution in [2.45, 2.75) is 0 Å². The Labute approximate surface area is 71.4 Å². The zero-order chi connectivity index (χ0) is 9.30. The van der Waals surface area contributed by atoms with Crippen LogP contribution in [0.15, 0.2) is 12.3 Å². The molecule has 0 radical (unpaired) electrons. The Morgan fingerprint density at radius 1 is 1.67 bits per heavy atom. The lowest BCUT2D eigenvalue weighted by Crippen LogP contribution is -2.26. The van der Waals surface area contributed by atoms with Gasteiger partial charge < -0.3 is 10.3 Å². The molecular formula is C5H3ClN2O4. The standard InChI is InChI=1S/C5H3ClN2O4/c6-5-1-3(8(11)12)4(9)2-7(5)10/h1-2,9H. The first-order valence-electron chi connectivity index (χ1n) is 2.78. The molecule has 0 saturated heterocycles. The zero-order valence-electron chi connectivity index (χ0n) is 5.60. The molecule has 12 heavy (non-hydrogen) atoms. The fraction of sp³-hybridized carbons (Fsp3) is 0. The van der Waals surface area contributed by atoms with Gasteiger partial charge in [0.05, 0.1) is 4.92 Å². The first-order chi connectivity index (χ1) is 5.52. The van der Waals surface area contributed by atoms with Crippen molar-refractivity contribution >= 4 is 17.3 Å². The number of aromatic hydroxyl groups is 1. The lowest BCUT2D eigenvalue weighted by molar-refractivity contribution is -0.604. The van der Waals surface area contributed by atoms with Gasteiger partial charge in [-0.2, -0.15) is 4.73 Å². The summed E-state index contributed by atoms with van der Waals surface area (Å²) >= 11 is 5.26. The summed E-state index contributed by atoms with van der Waals surface area (Å²) in [5.41, 5.74) is -0.591. The summed E-state index contributed by atoms with van der Waals surface area (Å²) in [6.07, 6.45) is 0.625. The minimum Gasteiger partial charge on any atom is -0.618 e. The highest BCUT2D eigenvalue weighted by Gasteiger charge is 2.19. The normalized spacial score (nSPS) is 9.75. The topological polar surface area (TPSA) is 90.3 Å². The average Bonchev–Trinajstić information content (AvgIpc) is 1.96. The molecule has 0 atom stereocenters. The van der Waals surface area contributed by atoms with Gasteiger partial charge in [-0.15, -0.1) is 0 Å². The molecule has 0 bridgehead atoms. The predicted octanol–water partition coefficient (Wildman–Crippen LogP) is 0.587. The second kappa shape index (κ2) is 2.82. The van der Waals surface area contributed by atoms with Crippen LogP contribution in [0.5, 0.6) is 5.75 Å². The molecule has 0 unspecified atom stereocenters. The minimum atomic E-state index is -0.832. The van der Waals surface area contributed by atoms with Gasteiger partial charge in [0, 0.05) is 0 Å². The first kappa shape index (κ1) is 8.54. The van der Waals surface area contributed by atoms with Gasteiger partial charge >= 0.3 is 5.69 Å². The first-order valence-corrected chi connectivity index (χ1v) is 3.16. The molecule has 1 aromatic heterocycles. The Balaban J connectivity index is 3.33. The molecule has 0 amide bonds. The molecule has 0 aliphatic heterocycles. The molecule has 64 valence electrons. The van der Waals surface area contributed by atoms with Crippen LogP contribution in [0.3, 0.4) is 0 Å². The van der Waals surface area contributed by atoms with Crippen LogP contribution in [-0.4, -0.2) is 10.0 Å². The smallest absolute Gasteiger partial charge is 0.324 e. The summed E-state index contributed by atoms with van der Waals surface area (Å²) < 4.78 is 0.129. The molecule has 1 heterocycles. The van der Waals surface area contributed by atoms with Crippen molar-refractivity contribution in [1.82, 2.24) is 0 Å². The van der Waals surface area contributed by atoms with Crippen LogP contribution in [0.2, 0.25) is 5.15 Å². The molecule has 1 N–H and O–H groups in total. The predicted molar refractivity (Wildman–Crippen MR) is 38.7 cm³/mol. The van der Waals surface area contributed by atoms with Crippen molar-refractivity contribution in [3.8, 4) is 5.75 Å². The van der Waals surface area contributed by atoms with Crippen molar-refractivity contribution in [3.63, 3.8) is 0 Å². The van der Waals surface area contributed by atoms with E-state index in [0.29, 0.717) is 6.20 Å². The number of nitrogens with zero attached hydrogens (tertiary/aromatic N) is 2. The quantitative estimate of drug-likeness (QED) is 0.231. The van der Waals surface area contributed by atoms with Gasteiger partial charge in [-0.3, -0.25) is 10.1 Å². The molecule has 1 rings (SSSR count). The molecule has 0 saturated carbocycles. The van der Waals surface area contributed by atoms with Crippen molar-refractivity contribution in [2.75, 3.05) is 0 Å². The van der Waals surface area contributed by atoms with E-state index in [4.69, 9.17) is 16.7 Å². The summed E-state index contributed by atoms with van der Waals surface area (Å²) in [5, 5.41) is 29.3. The lowest BCUT2D eigenvalue weighted by Gasteiger charge is -1.98. The monoisotopic (exact) mass is 190 g/mol. The van der Waals surface area contributed by atoms with Gasteiger partial charge in [0.2, 0.25) is 6.20 Å². The fourth-order valence-corrected chi connectivity index (χ4v) is 0.788. The van der Waals surface area contributed by atoms with Crippen molar-refractivity contribution in [1.29, 1.82) is 0 Å². The van der Waals surface area contributed by atoms with E-state index < -0.39 is 16.4 Å². The van der Waals surface area contributed by atoms with Crippen LogP contribution in [-0.2, 0) is 0 Å². The number of nitro groups is 1. The van der Waals surface area contributed by atoms with E-state index in [2.05, 4.69) is 0 Å². The van der Waals surface area contributed by atoms with E-state index in [-0.39, 0.29) is 9.88 Å². The van der Waals surface area contributed by atoms with Gasteiger partial charge in [-0.1, -0.05) is 0 Å². The number of hydrogen-bond donors (Lipinski definition) is 1. The molecule has 0 aliphatic rings. The summed E-state index contributed by atoms with van der Waals surface area (Å²) in [5.74, 6) is -0.709. The molecule has 0 aliphatic carbocycles. The highest BCUT2D eigenvalue weighted by atomic mass is 35.5. The Hall–Kier alpha value is -1.56. The molecule has 0 aromatic carbocycles. The maximum absolute atomic E-state index is 10.6. The number of rotatable bonds is 1. The summed E-state index contributed by atoms with van der Waals surface area (Å²) in [6.45, 7) is 0. The molecule has 0 fully saturated rings. The van der Waals surface area contributed by atoms with E-state index >= 15 is 0 Å². The molecule has 1 aromatic rings. The zero-order valence-corrected chi connectivity index (χ0v) is 6.35. The van der Waals surface area contributed by atoms with Gasteiger partial charge in [-0.05, 0) is 11.6 Å². The second-order valence-electron chi connectivity index (χ2n) is 1.95. The third-order valence-corrected chi connectivity index (χ3v) is 1.44. The van der Waals surface area contributed by atoms with E-state index in [1.54, 1.807) is 0 Å². The molecule has 0 spiro atoms. The van der Waals surface area contributed by atoms with Crippen molar-refractivity contribution < 1.29 is 14.8 Å². The largest absolute Gasteiger partial charge is 0.618 e. The van der Waals surface area contributed by atoms with Crippen LogP contribution >= 0.6 is 11.6 Å². The molecule has 6 nitrogen and oxygen atoms in total. The Morgan fingerprint density at radius 3 is 2.75 bits per heavy atom. The number of hydrogen-bond acceptors (Lipinski definition) is 4. The van der Waals surface area contributed by atoms with Crippen LogP contribution in [0.25, 0.3) is 0 Å². The number of pyridine rings is 1. The highest BCUT2D eigenvalue weighted by Crippen LogP contribution is 2.24. The summed E-state index contributed by atoms with van der Waals surface area (Å²) in [7, 11) is 0. The van der Waals surface area contributed by atoms with Gasteiger partial charge in [0.25, 0.3) is 10.9 Å². The number of halogens is 1. The molecule has 7 heteroatoms. The Kier molecular flexibility index (Phi) is 2.01. The van der Waals surface area contributed by atoms with Crippen LogP contribution < -0.4 is 4.73 Å². The van der Waals surface area contributed by atoms with Crippen LogP contribution in [0.4, 0.5) is 5.69 Å². The second-order valence-corrected chi connectivity index (χ2v) is 2.34. The fourth-order valence-electron chi connectivity index (χ4n) is 0.635. The third kappa shape index (κ3) is 1.37. The van der Waals surface area contributed by atoms with E-state index in [1.165, 1.54) is 0 Å². The maximum Gasteiger partial charge on any atom is 0.324 e. The van der Waals surface area contributed by atoms with Crippen molar-refractivity contribution in [3.05, 3.63) is 32.7 Å². The summed E-state index contributed by atoms with van der Waals surface area (Å²) in [6, 6.07) is 0.782. The summed E-state index contributed by atoms with van der Waals surface area (Å²) in [4.78, 5) is 9.33. The Morgan fingerprint density at radius 2 is 2.25 bits per heavy atom. The van der Waals surface area contributed by atoms with E-state index in [0.717, 1.165) is 6.07 Å². The minimum absolute atomic E-state index is 0.129. The Bertz CT molecular complexity index is 340. The van der Waals surface area contributed by atoms with Crippen molar-refractivity contribution in [2.24, 2.45) is 0 Å². The van der Waals surface area contributed by atoms with Gasteiger partial charge in [0.15, 0.2) is 0 Å². The van der Waals surface area contributed by atoms with E-state index in [1.807, 2.05) is 0 Å². The number of aromatic nitrogens is 1. The SMILES string of the molecule is O=[N+]([O-])c1cc(Cl)[n+]([O-])cc1O. The average molecular weight is 191 g/mol. The van der Waals surface area contributed by atoms with Crippen LogP contribution in [0.1, 0.15) is 0 Å². The highest BCUT2D eigenvalue weighted by molar-refractivity contribution is 6.28. The van der Waals surface area contributed by atoms with Gasteiger partial charge in [0.1, 0.15) is 6.07 Å². The lowest BCUT2D eigenvalue weighted by atomic mass is 10.4. The molecular weight excluding hydrogens is 188 g/mol. The maximum atomic E-state index is 10.6. The van der Waals surface area contributed by atoms with Gasteiger partial charge in [-0.25, -0.2) is 0 Å². The third-order valence-electron chi connectivity index (χ3n) is 1.17. The van der Waals surface area contributed by atoms with Crippen LogP contribution in [0, 0.1) is 15.3 Å². The van der Waals surface area contributed by atoms with E-state index in [9.17, 15) is 15.3 Å².